The minimum atomic E-state index is -0.186. The van der Waals surface area contributed by atoms with E-state index < -0.39 is 0 Å². The number of carbonyl (C=O) groups is 1. The first-order valence-electron chi connectivity index (χ1n) is 6.60. The van der Waals surface area contributed by atoms with Gasteiger partial charge in [0.15, 0.2) is 0 Å². The molecule has 3 rings (SSSR count). The van der Waals surface area contributed by atoms with Crippen LogP contribution >= 0.6 is 11.3 Å². The number of carbonyl (C=O) groups excluding carboxylic acids is 1. The maximum Gasteiger partial charge on any atom is 0.264 e. The zero-order valence-corrected chi connectivity index (χ0v) is 11.7. The molecule has 2 N–H and O–H groups in total. The number of amides is 1. The molecule has 5 nitrogen and oxygen atoms in total. The normalized spacial score (nSPS) is 17.5. The number of fused-ring (bicyclic) bond motifs is 1. The molecule has 0 radical (unpaired) electrons. The Labute approximate surface area is 120 Å². The monoisotopic (exact) mass is 289 g/mol. The molecule has 1 aliphatic carbocycles. The Morgan fingerprint density at radius 1 is 1.55 bits per heavy atom. The molecule has 6 heteroatoms. The number of nitrogens with one attached hydrogen (secondary N) is 2. The summed E-state index contributed by atoms with van der Waals surface area (Å²) in [5.41, 5.74) is 1.70. The van der Waals surface area contributed by atoms with E-state index >= 15 is 0 Å². The highest BCUT2D eigenvalue weighted by Gasteiger charge is 2.21. The molecule has 1 amide bonds. The Balaban J connectivity index is 1.62. The lowest BCUT2D eigenvalue weighted by Gasteiger charge is -2.24. The van der Waals surface area contributed by atoms with Crippen molar-refractivity contribution in [2.24, 2.45) is 0 Å². The van der Waals surface area contributed by atoms with Gasteiger partial charge < -0.3 is 5.32 Å². The van der Waals surface area contributed by atoms with Gasteiger partial charge >= 0.3 is 0 Å². The van der Waals surface area contributed by atoms with E-state index in [1.165, 1.54) is 0 Å². The Bertz CT molecular complexity index is 663. The zero-order chi connectivity index (χ0) is 13.9. The predicted octanol–water partition coefficient (Wildman–Crippen LogP) is 1.05. The Kier molecular flexibility index (Phi) is 3.64. The summed E-state index contributed by atoms with van der Waals surface area (Å²) in [4.78, 5) is 24.3. The lowest BCUT2D eigenvalue weighted by atomic mass is 9.92. The molecule has 0 saturated carbocycles. The summed E-state index contributed by atoms with van der Waals surface area (Å²) in [6, 6.07) is 5.59. The van der Waals surface area contributed by atoms with Crippen molar-refractivity contribution >= 4 is 17.2 Å². The first-order chi connectivity index (χ1) is 9.70. The summed E-state index contributed by atoms with van der Waals surface area (Å²) in [6.45, 7) is 0. The summed E-state index contributed by atoms with van der Waals surface area (Å²) in [5, 5.41) is 11.5. The van der Waals surface area contributed by atoms with Crippen molar-refractivity contribution in [3.63, 3.8) is 0 Å². The van der Waals surface area contributed by atoms with Crippen molar-refractivity contribution < 1.29 is 4.79 Å². The number of hydrogen-bond acceptors (Lipinski definition) is 4. The molecular weight excluding hydrogens is 274 g/mol. The molecule has 0 bridgehead atoms. The van der Waals surface area contributed by atoms with Crippen LogP contribution in [0.1, 0.15) is 22.6 Å². The SMILES string of the molecule is O=C(Cc1cccs1)NC1CCc2n[nH]c(=O)cc2C1. The number of aryl methyl sites for hydroxylation is 1. The van der Waals surface area contributed by atoms with Crippen LogP contribution in [0.2, 0.25) is 0 Å². The van der Waals surface area contributed by atoms with E-state index in [9.17, 15) is 9.59 Å². The van der Waals surface area contributed by atoms with E-state index in [1.54, 1.807) is 17.4 Å². The minimum absolute atomic E-state index is 0.0405. The fourth-order valence-electron chi connectivity index (χ4n) is 2.51. The number of thiophene rings is 1. The van der Waals surface area contributed by atoms with E-state index in [-0.39, 0.29) is 17.5 Å². The maximum absolute atomic E-state index is 12.0. The molecule has 0 fully saturated rings. The van der Waals surface area contributed by atoms with Gasteiger partial charge in [0, 0.05) is 17.0 Å². The fourth-order valence-corrected chi connectivity index (χ4v) is 3.22. The molecule has 104 valence electrons. The second-order valence-corrected chi connectivity index (χ2v) is 6.00. The molecule has 2 aromatic rings. The number of rotatable bonds is 3. The second kappa shape index (κ2) is 5.58. The third-order valence-electron chi connectivity index (χ3n) is 3.45. The first kappa shape index (κ1) is 13.1. The van der Waals surface area contributed by atoms with Gasteiger partial charge in [-0.2, -0.15) is 5.10 Å². The summed E-state index contributed by atoms with van der Waals surface area (Å²) in [5.74, 6) is 0.0405. The van der Waals surface area contributed by atoms with Crippen molar-refractivity contribution in [1.29, 1.82) is 0 Å². The lowest BCUT2D eigenvalue weighted by Crippen LogP contribution is -2.40. The van der Waals surface area contributed by atoms with Gasteiger partial charge in [0.05, 0.1) is 12.1 Å². The topological polar surface area (TPSA) is 74.8 Å². The van der Waals surface area contributed by atoms with Crippen LogP contribution in [-0.4, -0.2) is 22.1 Å². The molecule has 2 aromatic heterocycles. The van der Waals surface area contributed by atoms with Crippen molar-refractivity contribution in [2.75, 3.05) is 0 Å². The molecule has 0 aromatic carbocycles. The van der Waals surface area contributed by atoms with Gasteiger partial charge in [-0.1, -0.05) is 6.07 Å². The van der Waals surface area contributed by atoms with Crippen molar-refractivity contribution in [2.45, 2.75) is 31.7 Å². The number of H-pyrrole nitrogens is 1. The number of hydrogen-bond donors (Lipinski definition) is 2. The Morgan fingerprint density at radius 3 is 3.25 bits per heavy atom. The fraction of sp³-hybridized carbons (Fsp3) is 0.357. The summed E-state index contributed by atoms with van der Waals surface area (Å²) >= 11 is 1.59. The van der Waals surface area contributed by atoms with Crippen molar-refractivity contribution in [3.05, 3.63) is 50.1 Å². The van der Waals surface area contributed by atoms with Gasteiger partial charge in [0.1, 0.15) is 0 Å². The van der Waals surface area contributed by atoms with Crippen LogP contribution in [0.25, 0.3) is 0 Å². The quantitative estimate of drug-likeness (QED) is 0.887. The largest absolute Gasteiger partial charge is 0.353 e. The van der Waals surface area contributed by atoms with Crippen LogP contribution < -0.4 is 10.9 Å². The van der Waals surface area contributed by atoms with E-state index in [0.717, 1.165) is 29.0 Å². The average Bonchev–Trinajstić information content (AvgIpc) is 2.91. The summed E-state index contributed by atoms with van der Waals surface area (Å²) < 4.78 is 0. The molecule has 0 spiro atoms. The number of aromatic amines is 1. The van der Waals surface area contributed by atoms with Gasteiger partial charge in [0.2, 0.25) is 5.91 Å². The Hall–Kier alpha value is -1.95. The van der Waals surface area contributed by atoms with Crippen LogP contribution in [0.15, 0.2) is 28.4 Å². The zero-order valence-electron chi connectivity index (χ0n) is 10.9. The van der Waals surface area contributed by atoms with Crippen LogP contribution in [0.3, 0.4) is 0 Å². The average molecular weight is 289 g/mol. The minimum Gasteiger partial charge on any atom is -0.353 e. The van der Waals surface area contributed by atoms with Gasteiger partial charge in [0.25, 0.3) is 5.56 Å². The van der Waals surface area contributed by atoms with Gasteiger partial charge in [-0.05, 0) is 36.3 Å². The molecule has 1 aliphatic rings. The third-order valence-corrected chi connectivity index (χ3v) is 4.33. The maximum atomic E-state index is 12.0. The van der Waals surface area contributed by atoms with E-state index in [4.69, 9.17) is 0 Å². The van der Waals surface area contributed by atoms with Crippen LogP contribution in [-0.2, 0) is 24.1 Å². The van der Waals surface area contributed by atoms with Crippen LogP contribution in [0.5, 0.6) is 0 Å². The standard InChI is InChI=1S/C14H15N3O2S/c18-13(8-11-2-1-5-20-11)15-10-3-4-12-9(6-10)7-14(19)17-16-12/h1-2,5,7,10H,3-4,6,8H2,(H,15,18)(H,17,19). The smallest absolute Gasteiger partial charge is 0.264 e. The highest BCUT2D eigenvalue weighted by Crippen LogP contribution is 2.18. The second-order valence-electron chi connectivity index (χ2n) is 4.97. The van der Waals surface area contributed by atoms with E-state index in [2.05, 4.69) is 15.5 Å². The molecule has 1 atom stereocenters. The molecule has 20 heavy (non-hydrogen) atoms. The van der Waals surface area contributed by atoms with Gasteiger partial charge in [-0.25, -0.2) is 5.10 Å². The Morgan fingerprint density at radius 2 is 2.45 bits per heavy atom. The predicted molar refractivity (Wildman–Crippen MR) is 76.8 cm³/mol. The summed E-state index contributed by atoms with van der Waals surface area (Å²) in [6.07, 6.45) is 2.76. The first-order valence-corrected chi connectivity index (χ1v) is 7.48. The van der Waals surface area contributed by atoms with Crippen LogP contribution in [0, 0.1) is 0 Å². The highest BCUT2D eigenvalue weighted by atomic mass is 32.1. The lowest BCUT2D eigenvalue weighted by molar-refractivity contribution is -0.121. The number of nitrogens with zero attached hydrogens (tertiary/aromatic N) is 1. The van der Waals surface area contributed by atoms with E-state index in [1.807, 2.05) is 17.5 Å². The van der Waals surface area contributed by atoms with Crippen LogP contribution in [0.4, 0.5) is 0 Å². The van der Waals surface area contributed by atoms with Gasteiger partial charge in [-0.3, -0.25) is 9.59 Å². The van der Waals surface area contributed by atoms with E-state index in [0.29, 0.717) is 12.8 Å². The van der Waals surface area contributed by atoms with Gasteiger partial charge in [-0.15, -0.1) is 11.3 Å². The number of aromatic nitrogens is 2. The molecule has 1 unspecified atom stereocenters. The molecule has 0 saturated heterocycles. The molecule has 0 aliphatic heterocycles. The summed E-state index contributed by atoms with van der Waals surface area (Å²) in [7, 11) is 0. The van der Waals surface area contributed by atoms with Crippen molar-refractivity contribution in [3.8, 4) is 0 Å². The molecular formula is C14H15N3O2S. The molecule has 2 heterocycles. The highest BCUT2D eigenvalue weighted by molar-refractivity contribution is 7.10. The third kappa shape index (κ3) is 2.96. The van der Waals surface area contributed by atoms with Crippen molar-refractivity contribution in [1.82, 2.24) is 15.5 Å².